The van der Waals surface area contributed by atoms with E-state index in [4.69, 9.17) is 27.6 Å². The SMILES string of the molecule is [2H]c1cc([2H])c2c(c1[2H])c1c([2H])c([2H])cc([2H])c1n2-c1cc(-c2ccccc2)c2oc3cc(-c4ccc5cccc(-c6nc(-c7ccccc7)nc(-c7ccccc7)n6)c5c4)ccc3c2c1. The summed E-state index contributed by atoms with van der Waals surface area (Å²) in [7, 11) is 0. The highest BCUT2D eigenvalue weighted by atomic mass is 16.3. The molecular weight excluding hydrogens is 733 g/mol. The first-order valence-corrected chi connectivity index (χ1v) is 19.7. The average molecular weight is 773 g/mol. The van der Waals surface area contributed by atoms with Crippen molar-refractivity contribution >= 4 is 54.5 Å². The monoisotopic (exact) mass is 772 g/mol. The maximum absolute atomic E-state index is 9.09. The summed E-state index contributed by atoms with van der Waals surface area (Å²) in [6, 6.07) is 54.4. The van der Waals surface area contributed by atoms with Crippen molar-refractivity contribution in [2.45, 2.75) is 0 Å². The minimum Gasteiger partial charge on any atom is -0.455 e. The summed E-state index contributed by atoms with van der Waals surface area (Å²) in [5, 5.41) is 4.08. The molecular formula is C55H34N4O. The van der Waals surface area contributed by atoms with Crippen molar-refractivity contribution in [1.82, 2.24) is 19.5 Å². The third kappa shape index (κ3) is 5.59. The number of para-hydroxylation sites is 2. The smallest absolute Gasteiger partial charge is 0.164 e. The van der Waals surface area contributed by atoms with Gasteiger partial charge in [-0.15, -0.1) is 0 Å². The number of furan rings is 1. The molecule has 5 nitrogen and oxygen atoms in total. The van der Waals surface area contributed by atoms with Gasteiger partial charge in [0.05, 0.1) is 19.3 Å². The maximum atomic E-state index is 9.09. The minimum atomic E-state index is -0.160. The van der Waals surface area contributed by atoms with Crippen molar-refractivity contribution in [2.24, 2.45) is 0 Å². The number of aromatic nitrogens is 4. The first kappa shape index (κ1) is 28.3. The van der Waals surface area contributed by atoms with E-state index in [-0.39, 0.29) is 47.0 Å². The van der Waals surface area contributed by atoms with E-state index in [0.717, 1.165) is 60.5 Å². The van der Waals surface area contributed by atoms with Gasteiger partial charge in [0.25, 0.3) is 0 Å². The molecule has 0 aliphatic rings. The van der Waals surface area contributed by atoms with E-state index in [9.17, 15) is 0 Å². The van der Waals surface area contributed by atoms with E-state index in [1.807, 2.05) is 121 Å². The molecule has 9 aromatic carbocycles. The van der Waals surface area contributed by atoms with E-state index in [2.05, 4.69) is 36.4 Å². The second kappa shape index (κ2) is 13.8. The molecule has 0 amide bonds. The van der Waals surface area contributed by atoms with Gasteiger partial charge in [-0.2, -0.15) is 0 Å². The average Bonchev–Trinajstić information content (AvgIpc) is 3.92. The largest absolute Gasteiger partial charge is 0.455 e. The first-order valence-electron chi connectivity index (χ1n) is 22.7. The molecule has 0 aliphatic carbocycles. The van der Waals surface area contributed by atoms with Crippen LogP contribution in [-0.2, 0) is 0 Å². The molecule has 0 radical (unpaired) electrons. The zero-order valence-electron chi connectivity index (χ0n) is 37.9. The van der Waals surface area contributed by atoms with Crippen molar-refractivity contribution in [3.63, 3.8) is 0 Å². The molecule has 0 saturated carbocycles. The Labute approximate surface area is 353 Å². The fraction of sp³-hybridized carbons (Fsp3) is 0. The number of fused-ring (bicyclic) bond motifs is 7. The summed E-state index contributed by atoms with van der Waals surface area (Å²) in [6.45, 7) is 0. The highest BCUT2D eigenvalue weighted by Gasteiger charge is 2.20. The van der Waals surface area contributed by atoms with Crippen LogP contribution in [0.1, 0.15) is 8.22 Å². The van der Waals surface area contributed by atoms with Gasteiger partial charge in [-0.05, 0) is 69.9 Å². The fourth-order valence-electron chi connectivity index (χ4n) is 8.35. The third-order valence-corrected chi connectivity index (χ3v) is 11.2. The molecule has 3 heterocycles. The molecule has 0 unspecified atom stereocenters. The molecule has 12 aromatic rings. The van der Waals surface area contributed by atoms with Crippen molar-refractivity contribution in [3.05, 3.63) is 206 Å². The summed E-state index contributed by atoms with van der Waals surface area (Å²) in [5.74, 6) is 1.75. The van der Waals surface area contributed by atoms with E-state index in [0.29, 0.717) is 45.4 Å². The molecule has 0 bridgehead atoms. The first-order chi connectivity index (χ1) is 32.2. The number of hydrogen-bond acceptors (Lipinski definition) is 4. The Balaban J connectivity index is 1.05. The Morgan fingerprint density at radius 2 is 1.00 bits per heavy atom. The molecule has 60 heavy (non-hydrogen) atoms. The Bertz CT molecular complexity index is 3820. The molecule has 0 aliphatic heterocycles. The number of rotatable bonds is 6. The van der Waals surface area contributed by atoms with Crippen LogP contribution < -0.4 is 0 Å². The van der Waals surface area contributed by atoms with Crippen molar-refractivity contribution < 1.29 is 12.6 Å². The zero-order valence-corrected chi connectivity index (χ0v) is 31.9. The number of benzene rings is 9. The van der Waals surface area contributed by atoms with E-state index >= 15 is 0 Å². The summed E-state index contributed by atoms with van der Waals surface area (Å²) >= 11 is 0. The predicted octanol–water partition coefficient (Wildman–Crippen LogP) is 14.4. The standard InChI is InChI=1S/C55H34N4O/c1-4-15-35(16-5-1)47-33-41(59-49-25-12-10-22-42(49)43-23-11-13-26-50(43)59)34-48-44-30-29-40(32-51(44)60-52(47)48)39-28-27-36-21-14-24-45(46(36)31-39)55-57-53(37-17-6-2-7-18-37)56-54(58-55)38-19-8-3-9-20-38/h1-34H/i10D,11D,22D,23D,25D,26D. The van der Waals surface area contributed by atoms with E-state index < -0.39 is 0 Å². The second-order valence-electron chi connectivity index (χ2n) is 14.7. The van der Waals surface area contributed by atoms with Gasteiger partial charge in [-0.25, -0.2) is 15.0 Å². The van der Waals surface area contributed by atoms with E-state index in [1.165, 1.54) is 12.1 Å². The normalized spacial score (nSPS) is 13.1. The van der Waals surface area contributed by atoms with Crippen LogP contribution in [0.3, 0.4) is 0 Å². The van der Waals surface area contributed by atoms with Crippen molar-refractivity contribution in [3.8, 4) is 62.1 Å². The van der Waals surface area contributed by atoms with Crippen LogP contribution in [0.4, 0.5) is 0 Å². The highest BCUT2D eigenvalue weighted by molar-refractivity contribution is 6.13. The van der Waals surface area contributed by atoms with Gasteiger partial charge < -0.3 is 8.98 Å². The van der Waals surface area contributed by atoms with Crippen LogP contribution in [0.15, 0.2) is 211 Å². The minimum absolute atomic E-state index is 0.0158. The summed E-state index contributed by atoms with van der Waals surface area (Å²) in [4.78, 5) is 15.0. The Hall–Kier alpha value is -8.15. The molecule has 280 valence electrons. The van der Waals surface area contributed by atoms with Gasteiger partial charge in [-0.1, -0.05) is 164 Å². The van der Waals surface area contributed by atoms with Gasteiger partial charge in [0, 0.05) is 49.5 Å². The Morgan fingerprint density at radius 3 is 1.67 bits per heavy atom. The molecule has 3 aromatic heterocycles. The molecule has 5 heteroatoms. The lowest BCUT2D eigenvalue weighted by Crippen LogP contribution is -2.00. The molecule has 0 spiro atoms. The second-order valence-corrected chi connectivity index (χ2v) is 14.7. The molecule has 0 fully saturated rings. The lowest BCUT2D eigenvalue weighted by Gasteiger charge is -2.12. The van der Waals surface area contributed by atoms with Crippen LogP contribution >= 0.6 is 0 Å². The van der Waals surface area contributed by atoms with Gasteiger partial charge >= 0.3 is 0 Å². The quantitative estimate of drug-likeness (QED) is 0.169. The van der Waals surface area contributed by atoms with E-state index in [1.54, 1.807) is 4.57 Å². The van der Waals surface area contributed by atoms with Crippen LogP contribution in [0, 0.1) is 0 Å². The van der Waals surface area contributed by atoms with Gasteiger partial charge in [0.15, 0.2) is 17.5 Å². The van der Waals surface area contributed by atoms with Gasteiger partial charge in [-0.3, -0.25) is 0 Å². The topological polar surface area (TPSA) is 56.7 Å². The third-order valence-electron chi connectivity index (χ3n) is 11.2. The van der Waals surface area contributed by atoms with Crippen LogP contribution in [0.25, 0.3) is 117 Å². The van der Waals surface area contributed by atoms with Crippen LogP contribution in [-0.4, -0.2) is 19.5 Å². The van der Waals surface area contributed by atoms with Gasteiger partial charge in [0.1, 0.15) is 11.2 Å². The molecule has 0 atom stereocenters. The number of hydrogen-bond donors (Lipinski definition) is 0. The Morgan fingerprint density at radius 1 is 0.400 bits per heavy atom. The van der Waals surface area contributed by atoms with Crippen LogP contribution in [0.5, 0.6) is 0 Å². The predicted molar refractivity (Wildman–Crippen MR) is 246 cm³/mol. The maximum Gasteiger partial charge on any atom is 0.164 e. The van der Waals surface area contributed by atoms with Crippen molar-refractivity contribution in [2.75, 3.05) is 0 Å². The van der Waals surface area contributed by atoms with Crippen LogP contribution in [0.2, 0.25) is 0 Å². The number of nitrogens with zero attached hydrogens (tertiary/aromatic N) is 4. The highest BCUT2D eigenvalue weighted by Crippen LogP contribution is 2.42. The molecule has 12 rings (SSSR count). The molecule has 0 N–H and O–H groups in total. The summed E-state index contributed by atoms with van der Waals surface area (Å²) in [5.41, 5.74) is 8.74. The lowest BCUT2D eigenvalue weighted by molar-refractivity contribution is 0.670. The van der Waals surface area contributed by atoms with Gasteiger partial charge in [0.2, 0.25) is 0 Å². The summed E-state index contributed by atoms with van der Waals surface area (Å²) in [6.07, 6.45) is 0. The lowest BCUT2D eigenvalue weighted by atomic mass is 9.96. The summed E-state index contributed by atoms with van der Waals surface area (Å²) < 4.78 is 61.6. The van der Waals surface area contributed by atoms with Crippen molar-refractivity contribution in [1.29, 1.82) is 0 Å². The zero-order chi connectivity index (χ0) is 44.8. The fourth-order valence-corrected chi connectivity index (χ4v) is 8.35. The molecule has 0 saturated heterocycles. The Kier molecular flexibility index (Phi) is 6.48.